The van der Waals surface area contributed by atoms with Gasteiger partial charge < -0.3 is 24.4 Å². The molecule has 32 heavy (non-hydrogen) atoms. The molecule has 0 radical (unpaired) electrons. The third-order valence-electron chi connectivity index (χ3n) is 4.77. The summed E-state index contributed by atoms with van der Waals surface area (Å²) in [5.74, 6) is 2.73. The van der Waals surface area contributed by atoms with Crippen molar-refractivity contribution < 1.29 is 14.2 Å². The first kappa shape index (κ1) is 20.5. The van der Waals surface area contributed by atoms with Crippen LogP contribution in [0.1, 0.15) is 5.56 Å². The Morgan fingerprint density at radius 1 is 0.969 bits per heavy atom. The van der Waals surface area contributed by atoms with Crippen LogP contribution in [0.2, 0.25) is 0 Å². The van der Waals surface area contributed by atoms with Gasteiger partial charge in [-0.3, -0.25) is 0 Å². The van der Waals surface area contributed by atoms with Crippen LogP contribution in [0.3, 0.4) is 0 Å². The Bertz CT molecular complexity index is 1140. The first-order valence-corrected chi connectivity index (χ1v) is 10.8. The zero-order chi connectivity index (χ0) is 21.8. The van der Waals surface area contributed by atoms with Gasteiger partial charge in [-0.2, -0.15) is 20.1 Å². The molecule has 1 aromatic heterocycles. The fourth-order valence-electron chi connectivity index (χ4n) is 3.23. The number of rotatable bonds is 6. The maximum atomic E-state index is 5.44. The van der Waals surface area contributed by atoms with E-state index in [1.807, 2.05) is 42.5 Å². The van der Waals surface area contributed by atoms with Gasteiger partial charge in [-0.1, -0.05) is 22.0 Å². The van der Waals surface area contributed by atoms with Crippen LogP contribution in [-0.4, -0.2) is 54.3 Å². The number of fused-ring (bicyclic) bond motifs is 1. The predicted molar refractivity (Wildman–Crippen MR) is 124 cm³/mol. The average molecular weight is 498 g/mol. The molecule has 0 spiro atoms. The Hall–Kier alpha value is -3.44. The van der Waals surface area contributed by atoms with Crippen LogP contribution in [0, 0.1) is 0 Å². The summed E-state index contributed by atoms with van der Waals surface area (Å²) >= 11 is 3.48. The van der Waals surface area contributed by atoms with E-state index in [0.29, 0.717) is 49.9 Å². The molecule has 2 aliphatic rings. The van der Waals surface area contributed by atoms with Crippen LogP contribution < -0.4 is 25.1 Å². The number of hydrogen-bond donors (Lipinski definition) is 2. The molecule has 1 fully saturated rings. The molecular formula is C21H20BrN7O3. The van der Waals surface area contributed by atoms with Crippen molar-refractivity contribution in [2.24, 2.45) is 5.10 Å². The molecule has 0 amide bonds. The van der Waals surface area contributed by atoms with Crippen LogP contribution in [0.15, 0.2) is 52.0 Å². The highest BCUT2D eigenvalue weighted by molar-refractivity contribution is 9.10. The molecule has 0 aliphatic carbocycles. The Morgan fingerprint density at radius 3 is 2.69 bits per heavy atom. The van der Waals surface area contributed by atoms with Gasteiger partial charge in [-0.25, -0.2) is 5.43 Å². The van der Waals surface area contributed by atoms with Gasteiger partial charge >= 0.3 is 0 Å². The molecule has 11 heteroatoms. The summed E-state index contributed by atoms with van der Waals surface area (Å²) in [4.78, 5) is 15.6. The van der Waals surface area contributed by atoms with Crippen molar-refractivity contribution in [1.29, 1.82) is 0 Å². The van der Waals surface area contributed by atoms with Crippen molar-refractivity contribution in [2.75, 3.05) is 48.7 Å². The molecule has 2 N–H and O–H groups in total. The van der Waals surface area contributed by atoms with E-state index in [2.05, 4.69) is 51.6 Å². The molecule has 0 saturated carbocycles. The predicted octanol–water partition coefficient (Wildman–Crippen LogP) is 3.39. The van der Waals surface area contributed by atoms with Crippen LogP contribution in [0.5, 0.6) is 11.5 Å². The highest BCUT2D eigenvalue weighted by Gasteiger charge is 2.17. The molecule has 1 saturated heterocycles. The standard InChI is InChI=1S/C21H20BrN7O3/c22-15-2-1-3-16(11-15)24-19-25-20(27-21(26-19)29-6-8-30-9-7-29)28-23-12-14-4-5-17-18(10-14)32-13-31-17/h1-5,10-12H,6-9,13H2,(H2,24,25,26,27,28). The van der Waals surface area contributed by atoms with Crippen LogP contribution in [-0.2, 0) is 4.74 Å². The zero-order valence-electron chi connectivity index (χ0n) is 17.0. The van der Waals surface area contributed by atoms with E-state index >= 15 is 0 Å². The molecule has 0 bridgehead atoms. The Balaban J connectivity index is 1.37. The van der Waals surface area contributed by atoms with Gasteiger partial charge in [0.25, 0.3) is 0 Å². The number of halogens is 1. The lowest BCUT2D eigenvalue weighted by Crippen LogP contribution is -2.37. The summed E-state index contributed by atoms with van der Waals surface area (Å²) < 4.78 is 17.1. The lowest BCUT2D eigenvalue weighted by Gasteiger charge is -2.27. The monoisotopic (exact) mass is 497 g/mol. The fourth-order valence-corrected chi connectivity index (χ4v) is 3.63. The Kier molecular flexibility index (Phi) is 5.99. The van der Waals surface area contributed by atoms with Crippen LogP contribution in [0.4, 0.5) is 23.5 Å². The number of nitrogens with one attached hydrogen (secondary N) is 2. The van der Waals surface area contributed by atoms with E-state index in [4.69, 9.17) is 14.2 Å². The number of morpholine rings is 1. The van der Waals surface area contributed by atoms with E-state index in [0.717, 1.165) is 21.5 Å². The van der Waals surface area contributed by atoms with Gasteiger partial charge in [-0.05, 0) is 42.0 Å². The minimum atomic E-state index is 0.233. The Morgan fingerprint density at radius 2 is 1.81 bits per heavy atom. The molecule has 0 unspecified atom stereocenters. The largest absolute Gasteiger partial charge is 0.454 e. The second kappa shape index (κ2) is 9.37. The number of hydrazone groups is 1. The van der Waals surface area contributed by atoms with E-state index in [-0.39, 0.29) is 6.79 Å². The summed E-state index contributed by atoms with van der Waals surface area (Å²) in [7, 11) is 0. The van der Waals surface area contributed by atoms with Gasteiger partial charge in [-0.15, -0.1) is 0 Å². The van der Waals surface area contributed by atoms with Crippen molar-refractivity contribution in [3.05, 3.63) is 52.5 Å². The quantitative estimate of drug-likeness (QED) is 0.391. The molecule has 164 valence electrons. The van der Waals surface area contributed by atoms with Crippen LogP contribution >= 0.6 is 15.9 Å². The highest BCUT2D eigenvalue weighted by atomic mass is 79.9. The second-order valence-electron chi connectivity index (χ2n) is 7.00. The van der Waals surface area contributed by atoms with Crippen molar-refractivity contribution in [3.8, 4) is 11.5 Å². The van der Waals surface area contributed by atoms with E-state index < -0.39 is 0 Å². The average Bonchev–Trinajstić information content (AvgIpc) is 3.28. The number of benzene rings is 2. The third kappa shape index (κ3) is 4.89. The minimum absolute atomic E-state index is 0.233. The van der Waals surface area contributed by atoms with Crippen molar-refractivity contribution in [2.45, 2.75) is 0 Å². The lowest BCUT2D eigenvalue weighted by atomic mass is 10.2. The SMILES string of the molecule is Brc1cccc(Nc2nc(NN=Cc3ccc4c(c3)OCO4)nc(N3CCOCC3)n2)c1. The van der Waals surface area contributed by atoms with Gasteiger partial charge in [0, 0.05) is 23.2 Å². The van der Waals surface area contributed by atoms with Crippen molar-refractivity contribution in [3.63, 3.8) is 0 Å². The number of anilines is 4. The molecule has 2 aromatic carbocycles. The summed E-state index contributed by atoms with van der Waals surface area (Å²) in [5.41, 5.74) is 4.62. The lowest BCUT2D eigenvalue weighted by molar-refractivity contribution is 0.122. The molecule has 3 aromatic rings. The zero-order valence-corrected chi connectivity index (χ0v) is 18.6. The smallest absolute Gasteiger partial charge is 0.250 e. The number of ether oxygens (including phenoxy) is 3. The molecule has 0 atom stereocenters. The van der Waals surface area contributed by atoms with Gasteiger partial charge in [0.05, 0.1) is 19.4 Å². The number of aromatic nitrogens is 3. The number of hydrogen-bond acceptors (Lipinski definition) is 10. The summed E-state index contributed by atoms with van der Waals surface area (Å²) in [6.45, 7) is 2.91. The normalized spacial score (nSPS) is 15.2. The van der Waals surface area contributed by atoms with Gasteiger partial charge in [0.2, 0.25) is 24.6 Å². The van der Waals surface area contributed by atoms with Gasteiger partial charge in [0.15, 0.2) is 11.5 Å². The topological polar surface area (TPSA) is 106 Å². The summed E-state index contributed by atoms with van der Waals surface area (Å²) in [5, 5.41) is 7.51. The molecule has 3 heterocycles. The van der Waals surface area contributed by atoms with E-state index in [9.17, 15) is 0 Å². The maximum absolute atomic E-state index is 5.44. The second-order valence-corrected chi connectivity index (χ2v) is 7.92. The molecular weight excluding hydrogens is 478 g/mol. The first-order chi connectivity index (χ1) is 15.7. The van der Waals surface area contributed by atoms with E-state index in [1.54, 1.807) is 6.21 Å². The molecule has 5 rings (SSSR count). The maximum Gasteiger partial charge on any atom is 0.250 e. The third-order valence-corrected chi connectivity index (χ3v) is 5.27. The van der Waals surface area contributed by atoms with Crippen molar-refractivity contribution in [1.82, 2.24) is 15.0 Å². The van der Waals surface area contributed by atoms with Gasteiger partial charge in [0.1, 0.15) is 0 Å². The van der Waals surface area contributed by atoms with Crippen molar-refractivity contribution >= 4 is 45.7 Å². The first-order valence-electron chi connectivity index (χ1n) is 10.0. The highest BCUT2D eigenvalue weighted by Crippen LogP contribution is 2.32. The van der Waals surface area contributed by atoms with Crippen LogP contribution in [0.25, 0.3) is 0 Å². The van der Waals surface area contributed by atoms with E-state index in [1.165, 1.54) is 0 Å². The molecule has 10 nitrogen and oxygen atoms in total. The Labute approximate surface area is 192 Å². The summed E-state index contributed by atoms with van der Waals surface area (Å²) in [6.07, 6.45) is 1.67. The fraction of sp³-hybridized carbons (Fsp3) is 0.238. The minimum Gasteiger partial charge on any atom is -0.454 e. The molecule has 2 aliphatic heterocycles. The number of nitrogens with zero attached hydrogens (tertiary/aromatic N) is 5. The summed E-state index contributed by atoms with van der Waals surface area (Å²) in [6, 6.07) is 13.4.